The van der Waals surface area contributed by atoms with Crippen LogP contribution in [0.3, 0.4) is 0 Å². The summed E-state index contributed by atoms with van der Waals surface area (Å²) >= 11 is 5.52. The Balaban J connectivity index is 2.19. The summed E-state index contributed by atoms with van der Waals surface area (Å²) in [6.07, 6.45) is 3.16. The fourth-order valence-corrected chi connectivity index (χ4v) is 4.49. The lowest BCUT2D eigenvalue weighted by Crippen LogP contribution is -2.29. The van der Waals surface area contributed by atoms with E-state index >= 15 is 0 Å². The van der Waals surface area contributed by atoms with Crippen LogP contribution in [0.2, 0.25) is 0 Å². The van der Waals surface area contributed by atoms with E-state index in [9.17, 15) is 0 Å². The van der Waals surface area contributed by atoms with Crippen LogP contribution in [0.15, 0.2) is 38.1 Å². The van der Waals surface area contributed by atoms with E-state index in [-0.39, 0.29) is 0 Å². The van der Waals surface area contributed by atoms with Gasteiger partial charge in [-0.1, -0.05) is 29.8 Å². The van der Waals surface area contributed by atoms with Crippen molar-refractivity contribution < 1.29 is 4.74 Å². The number of thioether (sulfide) groups is 1. The summed E-state index contributed by atoms with van der Waals surface area (Å²) in [7, 11) is 1.74. The van der Waals surface area contributed by atoms with Crippen LogP contribution in [0.4, 0.5) is 0 Å². The number of benzene rings is 1. The predicted octanol–water partition coefficient (Wildman–Crippen LogP) is 5.54. The topological polar surface area (TPSA) is 24.8 Å². The van der Waals surface area contributed by atoms with E-state index in [1.807, 2.05) is 23.9 Å². The quantitative estimate of drug-likeness (QED) is 0.519. The molecule has 0 unspecified atom stereocenters. The summed E-state index contributed by atoms with van der Waals surface area (Å²) in [6, 6.07) is 6.23. The van der Waals surface area contributed by atoms with E-state index in [0.717, 1.165) is 54.9 Å². The number of halogens is 1. The fraction of sp³-hybridized carbons (Fsp3) is 0.550. The van der Waals surface area contributed by atoms with E-state index in [1.54, 1.807) is 7.11 Å². The molecule has 25 heavy (non-hydrogen) atoms. The second-order valence-electron chi connectivity index (χ2n) is 6.13. The van der Waals surface area contributed by atoms with Crippen LogP contribution in [0.25, 0.3) is 0 Å². The molecule has 0 atom stereocenters. The molecule has 1 aliphatic heterocycles. The fourth-order valence-electron chi connectivity index (χ4n) is 3.18. The largest absolute Gasteiger partial charge is 0.496 e. The zero-order valence-electron chi connectivity index (χ0n) is 15.8. The molecule has 1 aliphatic rings. The molecule has 5 heteroatoms. The summed E-state index contributed by atoms with van der Waals surface area (Å²) in [5, 5.41) is 0. The van der Waals surface area contributed by atoms with Crippen molar-refractivity contribution >= 4 is 33.5 Å². The molecule has 3 nitrogen and oxygen atoms in total. The minimum atomic E-state index is 0.927. The van der Waals surface area contributed by atoms with E-state index < -0.39 is 0 Å². The normalized spacial score (nSPS) is 15.2. The van der Waals surface area contributed by atoms with Crippen molar-refractivity contribution in [1.29, 1.82) is 0 Å². The first kappa shape index (κ1) is 20.4. The van der Waals surface area contributed by atoms with Gasteiger partial charge < -0.3 is 9.64 Å². The molecule has 0 fully saturated rings. The second kappa shape index (κ2) is 10.3. The molecule has 0 bridgehead atoms. The number of methoxy groups -OCH3 is 1. The van der Waals surface area contributed by atoms with Crippen LogP contribution < -0.4 is 4.74 Å². The van der Waals surface area contributed by atoms with E-state index in [4.69, 9.17) is 9.73 Å². The van der Waals surface area contributed by atoms with Gasteiger partial charge >= 0.3 is 0 Å². The first-order chi connectivity index (χ1) is 12.1. The molecule has 0 aromatic heterocycles. The highest BCUT2D eigenvalue weighted by Crippen LogP contribution is 2.30. The lowest BCUT2D eigenvalue weighted by atomic mass is 10.1. The Morgan fingerprint density at radius 3 is 2.84 bits per heavy atom. The molecule has 0 radical (unpaired) electrons. The van der Waals surface area contributed by atoms with Gasteiger partial charge in [0.15, 0.2) is 0 Å². The smallest absolute Gasteiger partial charge is 0.127 e. The third-order valence-corrected chi connectivity index (χ3v) is 6.00. The van der Waals surface area contributed by atoms with Crippen LogP contribution in [0.5, 0.6) is 5.75 Å². The monoisotopic (exact) mass is 424 g/mol. The van der Waals surface area contributed by atoms with Gasteiger partial charge in [0.05, 0.1) is 13.7 Å². The Bertz CT molecular complexity index is 643. The van der Waals surface area contributed by atoms with Crippen LogP contribution >= 0.6 is 27.7 Å². The third kappa shape index (κ3) is 5.52. The molecular weight excluding hydrogens is 396 g/mol. The molecule has 0 saturated carbocycles. The summed E-state index contributed by atoms with van der Waals surface area (Å²) in [6.45, 7) is 9.77. The summed E-state index contributed by atoms with van der Waals surface area (Å²) in [5.74, 6) is 3.26. The number of rotatable bonds is 9. The number of aryl methyl sites for hydroxylation is 1. The number of amidine groups is 1. The van der Waals surface area contributed by atoms with Gasteiger partial charge in [0, 0.05) is 23.1 Å². The second-order valence-corrected chi connectivity index (χ2v) is 8.40. The van der Waals surface area contributed by atoms with Gasteiger partial charge in [0.1, 0.15) is 11.6 Å². The van der Waals surface area contributed by atoms with Gasteiger partial charge in [-0.2, -0.15) is 0 Å². The van der Waals surface area contributed by atoms with Crippen molar-refractivity contribution in [3.63, 3.8) is 0 Å². The minimum absolute atomic E-state index is 0.927. The maximum atomic E-state index is 5.53. The lowest BCUT2D eigenvalue weighted by molar-refractivity contribution is 0.409. The average molecular weight is 425 g/mol. The molecule has 0 aliphatic carbocycles. The maximum Gasteiger partial charge on any atom is 0.127 e. The SMILES string of the molecule is CCCN1CCN=C1/C(C)=C(\CCc1cc(Br)ccc1OC)SCC. The molecule has 1 aromatic carbocycles. The molecule has 2 rings (SSSR count). The molecule has 0 saturated heterocycles. The van der Waals surface area contributed by atoms with E-state index in [2.05, 4.69) is 47.7 Å². The highest BCUT2D eigenvalue weighted by atomic mass is 79.9. The van der Waals surface area contributed by atoms with Gasteiger partial charge in [0.25, 0.3) is 0 Å². The summed E-state index contributed by atoms with van der Waals surface area (Å²) in [4.78, 5) is 8.67. The number of allylic oxidation sites excluding steroid dienone is 1. The highest BCUT2D eigenvalue weighted by molar-refractivity contribution is 9.10. The van der Waals surface area contributed by atoms with Crippen molar-refractivity contribution in [3.8, 4) is 5.75 Å². The number of aliphatic imine (C=N–C) groups is 1. The van der Waals surface area contributed by atoms with E-state index in [1.165, 1.54) is 21.9 Å². The molecule has 0 N–H and O–H groups in total. The van der Waals surface area contributed by atoms with Crippen LogP contribution in [-0.2, 0) is 6.42 Å². The molecule has 138 valence electrons. The zero-order chi connectivity index (χ0) is 18.2. The zero-order valence-corrected chi connectivity index (χ0v) is 18.2. The van der Waals surface area contributed by atoms with Crippen molar-refractivity contribution in [2.24, 2.45) is 4.99 Å². The Hall–Kier alpha value is -0.940. The highest BCUT2D eigenvalue weighted by Gasteiger charge is 2.20. The lowest BCUT2D eigenvalue weighted by Gasteiger charge is -2.22. The third-order valence-electron chi connectivity index (χ3n) is 4.36. The Morgan fingerprint density at radius 1 is 1.36 bits per heavy atom. The van der Waals surface area contributed by atoms with Gasteiger partial charge in [0.2, 0.25) is 0 Å². The molecule has 0 amide bonds. The molecule has 1 aromatic rings. The van der Waals surface area contributed by atoms with Gasteiger partial charge in [-0.25, -0.2) is 0 Å². The minimum Gasteiger partial charge on any atom is -0.496 e. The van der Waals surface area contributed by atoms with E-state index in [0.29, 0.717) is 0 Å². The first-order valence-corrected chi connectivity index (χ1v) is 10.8. The Kier molecular flexibility index (Phi) is 8.37. The maximum absolute atomic E-state index is 5.53. The van der Waals surface area contributed by atoms with Crippen LogP contribution in [0, 0.1) is 0 Å². The van der Waals surface area contributed by atoms with Crippen molar-refractivity contribution in [1.82, 2.24) is 4.90 Å². The van der Waals surface area contributed by atoms with Gasteiger partial charge in [-0.15, -0.1) is 11.8 Å². The van der Waals surface area contributed by atoms with Crippen LogP contribution in [0.1, 0.15) is 39.2 Å². The molecule has 0 spiro atoms. The number of hydrogen-bond donors (Lipinski definition) is 0. The molecular formula is C20H29BrN2OS. The first-order valence-electron chi connectivity index (χ1n) is 9.05. The van der Waals surface area contributed by atoms with Gasteiger partial charge in [-0.3, -0.25) is 4.99 Å². The summed E-state index contributed by atoms with van der Waals surface area (Å²) in [5.41, 5.74) is 2.60. The Morgan fingerprint density at radius 2 is 2.16 bits per heavy atom. The van der Waals surface area contributed by atoms with Crippen molar-refractivity contribution in [2.45, 2.75) is 40.0 Å². The Labute approximate surface area is 165 Å². The van der Waals surface area contributed by atoms with Gasteiger partial charge in [-0.05, 0) is 60.6 Å². The number of hydrogen-bond acceptors (Lipinski definition) is 4. The molecule has 1 heterocycles. The average Bonchev–Trinajstić information content (AvgIpc) is 3.06. The van der Waals surface area contributed by atoms with Crippen molar-refractivity contribution in [3.05, 3.63) is 38.7 Å². The summed E-state index contributed by atoms with van der Waals surface area (Å²) < 4.78 is 6.63. The predicted molar refractivity (Wildman–Crippen MR) is 114 cm³/mol. The standard InChI is InChI=1S/C20H29BrN2OS/c1-5-12-23-13-11-22-20(23)15(3)19(25-6-2)10-7-16-14-17(21)8-9-18(16)24-4/h8-9,14H,5-7,10-13H2,1-4H3/b19-15+. The van der Waals surface area contributed by atoms with Crippen molar-refractivity contribution in [2.75, 3.05) is 32.5 Å². The van der Waals surface area contributed by atoms with Crippen LogP contribution in [-0.4, -0.2) is 43.2 Å². The number of ether oxygens (including phenoxy) is 1. The number of nitrogens with zero attached hydrogens (tertiary/aromatic N) is 2.